The number of ether oxygens (including phenoxy) is 1. The normalized spacial score (nSPS) is 23.7. The van der Waals surface area contributed by atoms with Crippen molar-refractivity contribution in [2.45, 2.75) is 25.0 Å². The fourth-order valence-electron chi connectivity index (χ4n) is 3.88. The molecular weight excluding hydrogens is 438 g/mol. The predicted molar refractivity (Wildman–Crippen MR) is 110 cm³/mol. The van der Waals surface area contributed by atoms with Gasteiger partial charge in [0.15, 0.2) is 0 Å². The highest BCUT2D eigenvalue weighted by atomic mass is 79.9. The van der Waals surface area contributed by atoms with Crippen molar-refractivity contribution >= 4 is 33.4 Å². The third-order valence-electron chi connectivity index (χ3n) is 5.27. The summed E-state index contributed by atoms with van der Waals surface area (Å²) in [7, 11) is 0. The summed E-state index contributed by atoms with van der Waals surface area (Å²) in [5, 5.41) is 20.9. The van der Waals surface area contributed by atoms with Crippen molar-refractivity contribution in [1.29, 1.82) is 0 Å². The van der Waals surface area contributed by atoms with Gasteiger partial charge >= 0.3 is 0 Å². The third kappa shape index (κ3) is 3.80. The van der Waals surface area contributed by atoms with Crippen molar-refractivity contribution in [1.82, 2.24) is 4.90 Å². The van der Waals surface area contributed by atoms with Crippen LogP contribution in [0.15, 0.2) is 58.6 Å². The average molecular weight is 458 g/mol. The van der Waals surface area contributed by atoms with Crippen molar-refractivity contribution in [2.75, 3.05) is 13.2 Å². The van der Waals surface area contributed by atoms with Gasteiger partial charge in [-0.05, 0) is 42.7 Å². The number of aromatic hydroxyl groups is 1. The number of carbonyl (C=O) groups is 2. The molecule has 4 rings (SSSR count). The maximum atomic E-state index is 12.9. The molecule has 2 saturated heterocycles. The molecule has 2 aromatic rings. The molecule has 0 spiro atoms. The molecular formula is C22H20BrNO5. The van der Waals surface area contributed by atoms with E-state index in [-0.39, 0.29) is 29.7 Å². The summed E-state index contributed by atoms with van der Waals surface area (Å²) < 4.78 is 6.49. The third-order valence-corrected chi connectivity index (χ3v) is 5.80. The van der Waals surface area contributed by atoms with Gasteiger partial charge in [-0.3, -0.25) is 9.59 Å². The number of likely N-dealkylation sites (tertiary alicyclic amines) is 1. The van der Waals surface area contributed by atoms with E-state index in [0.29, 0.717) is 17.7 Å². The molecule has 2 N–H and O–H groups in total. The van der Waals surface area contributed by atoms with Crippen molar-refractivity contribution < 1.29 is 24.5 Å². The van der Waals surface area contributed by atoms with E-state index in [1.165, 1.54) is 17.0 Å². The Hall–Kier alpha value is -2.64. The Morgan fingerprint density at radius 1 is 1.17 bits per heavy atom. The molecule has 2 unspecified atom stereocenters. The first-order valence-electron chi connectivity index (χ1n) is 9.40. The summed E-state index contributed by atoms with van der Waals surface area (Å²) >= 11 is 3.35. The van der Waals surface area contributed by atoms with Crippen LogP contribution in [0.4, 0.5) is 0 Å². The second kappa shape index (κ2) is 8.00. The zero-order chi connectivity index (χ0) is 20.5. The number of ketones is 1. The van der Waals surface area contributed by atoms with Gasteiger partial charge in [0.05, 0.1) is 17.7 Å². The second-order valence-corrected chi connectivity index (χ2v) is 8.10. The monoisotopic (exact) mass is 457 g/mol. The minimum Gasteiger partial charge on any atom is -0.508 e. The summed E-state index contributed by atoms with van der Waals surface area (Å²) in [6.07, 6.45) is 1.56. The number of benzene rings is 2. The number of Topliss-reactive ketones (excluding diaryl/α,β-unsaturated/α-hetero) is 1. The van der Waals surface area contributed by atoms with Gasteiger partial charge in [0, 0.05) is 23.2 Å². The number of phenolic OH excluding ortho intramolecular Hbond substituents is 1. The van der Waals surface area contributed by atoms with E-state index in [4.69, 9.17) is 4.74 Å². The molecule has 2 heterocycles. The molecule has 2 aromatic carbocycles. The molecule has 2 fully saturated rings. The van der Waals surface area contributed by atoms with Crippen LogP contribution in [-0.2, 0) is 14.3 Å². The highest BCUT2D eigenvalue weighted by molar-refractivity contribution is 9.10. The van der Waals surface area contributed by atoms with Crippen molar-refractivity contribution in [3.8, 4) is 5.75 Å². The van der Waals surface area contributed by atoms with E-state index in [2.05, 4.69) is 15.9 Å². The van der Waals surface area contributed by atoms with Gasteiger partial charge < -0.3 is 19.8 Å². The Bertz CT molecular complexity index is 979. The lowest BCUT2D eigenvalue weighted by atomic mass is 9.95. The van der Waals surface area contributed by atoms with Crippen LogP contribution >= 0.6 is 15.9 Å². The molecule has 7 heteroatoms. The number of aliphatic hydroxyl groups is 1. The topological polar surface area (TPSA) is 87.1 Å². The molecule has 0 radical (unpaired) electrons. The zero-order valence-corrected chi connectivity index (χ0v) is 17.1. The van der Waals surface area contributed by atoms with Gasteiger partial charge in [-0.15, -0.1) is 0 Å². The summed E-state index contributed by atoms with van der Waals surface area (Å²) in [5.41, 5.74) is 1.01. The fourth-order valence-corrected chi connectivity index (χ4v) is 4.15. The highest BCUT2D eigenvalue weighted by Gasteiger charge is 2.47. The lowest BCUT2D eigenvalue weighted by Gasteiger charge is -2.27. The fraction of sp³-hybridized carbons (Fsp3) is 0.273. The summed E-state index contributed by atoms with van der Waals surface area (Å²) in [4.78, 5) is 27.2. The SMILES string of the molecule is O=C1C(=O)N(CC2CCCO2)C(c2cccc(O)c2)/C1=C(/O)c1ccc(Br)cc1. The van der Waals surface area contributed by atoms with Crippen molar-refractivity contribution in [3.63, 3.8) is 0 Å². The van der Waals surface area contributed by atoms with Gasteiger partial charge in [-0.25, -0.2) is 0 Å². The standard InChI is InChI=1S/C22H20BrNO5/c23-15-8-6-13(7-9-15)20(26)18-19(14-3-1-4-16(25)11-14)24(22(28)21(18)27)12-17-5-2-10-29-17/h1,3-4,6-9,11,17,19,25-26H,2,5,10,12H2/b20-18-. The van der Waals surface area contributed by atoms with Gasteiger partial charge in [0.25, 0.3) is 11.7 Å². The molecule has 2 aliphatic heterocycles. The molecule has 0 saturated carbocycles. The molecule has 29 heavy (non-hydrogen) atoms. The zero-order valence-electron chi connectivity index (χ0n) is 15.5. The largest absolute Gasteiger partial charge is 0.508 e. The quantitative estimate of drug-likeness (QED) is 0.414. The van der Waals surface area contributed by atoms with E-state index in [1.807, 2.05) is 0 Å². The first-order valence-corrected chi connectivity index (χ1v) is 10.2. The molecule has 0 aliphatic carbocycles. The van der Waals surface area contributed by atoms with Gasteiger partial charge in [-0.1, -0.05) is 40.2 Å². The number of aliphatic hydroxyl groups excluding tert-OH is 1. The molecule has 2 aliphatic rings. The van der Waals surface area contributed by atoms with Gasteiger partial charge in [0.1, 0.15) is 11.5 Å². The lowest BCUT2D eigenvalue weighted by molar-refractivity contribution is -0.140. The van der Waals surface area contributed by atoms with Crippen LogP contribution in [0.25, 0.3) is 5.76 Å². The van der Waals surface area contributed by atoms with E-state index >= 15 is 0 Å². The van der Waals surface area contributed by atoms with Gasteiger partial charge in [0.2, 0.25) is 0 Å². The Balaban J connectivity index is 1.83. The minimum absolute atomic E-state index is 0.0147. The van der Waals surface area contributed by atoms with Crippen LogP contribution in [0.2, 0.25) is 0 Å². The first kappa shape index (κ1) is 19.7. The van der Waals surface area contributed by atoms with Crippen LogP contribution in [0, 0.1) is 0 Å². The highest BCUT2D eigenvalue weighted by Crippen LogP contribution is 2.40. The van der Waals surface area contributed by atoms with Crippen LogP contribution in [0.3, 0.4) is 0 Å². The maximum Gasteiger partial charge on any atom is 0.295 e. The van der Waals surface area contributed by atoms with Crippen LogP contribution in [-0.4, -0.2) is 46.1 Å². The van der Waals surface area contributed by atoms with Gasteiger partial charge in [-0.2, -0.15) is 0 Å². The van der Waals surface area contributed by atoms with Crippen LogP contribution in [0.5, 0.6) is 5.75 Å². The summed E-state index contributed by atoms with van der Waals surface area (Å²) in [6.45, 7) is 0.881. The summed E-state index contributed by atoms with van der Waals surface area (Å²) in [6, 6.07) is 12.5. The number of phenols is 1. The summed E-state index contributed by atoms with van der Waals surface area (Å²) in [5.74, 6) is -1.63. The molecule has 0 bridgehead atoms. The molecule has 1 amide bonds. The number of nitrogens with zero attached hydrogens (tertiary/aromatic N) is 1. The number of rotatable bonds is 4. The molecule has 2 atom stereocenters. The van der Waals surface area contributed by atoms with E-state index in [0.717, 1.165) is 17.3 Å². The smallest absolute Gasteiger partial charge is 0.295 e. The first-order chi connectivity index (χ1) is 14.0. The molecule has 0 aromatic heterocycles. The molecule has 150 valence electrons. The number of hydrogen-bond acceptors (Lipinski definition) is 5. The average Bonchev–Trinajstić information content (AvgIpc) is 3.30. The van der Waals surface area contributed by atoms with E-state index in [1.54, 1.807) is 36.4 Å². The predicted octanol–water partition coefficient (Wildman–Crippen LogP) is 3.76. The second-order valence-electron chi connectivity index (χ2n) is 7.19. The number of amides is 1. The number of halogens is 1. The van der Waals surface area contributed by atoms with Crippen LogP contribution in [0.1, 0.15) is 30.0 Å². The Morgan fingerprint density at radius 2 is 1.93 bits per heavy atom. The van der Waals surface area contributed by atoms with Crippen molar-refractivity contribution in [3.05, 3.63) is 69.7 Å². The minimum atomic E-state index is -0.796. The number of hydrogen-bond donors (Lipinski definition) is 2. The Kier molecular flexibility index (Phi) is 5.43. The van der Waals surface area contributed by atoms with Crippen LogP contribution < -0.4 is 0 Å². The van der Waals surface area contributed by atoms with E-state index in [9.17, 15) is 19.8 Å². The maximum absolute atomic E-state index is 12.9. The Labute approximate surface area is 176 Å². The lowest BCUT2D eigenvalue weighted by Crippen LogP contribution is -2.36. The number of carbonyl (C=O) groups excluding carboxylic acids is 2. The van der Waals surface area contributed by atoms with E-state index < -0.39 is 17.7 Å². The van der Waals surface area contributed by atoms with Crippen molar-refractivity contribution in [2.24, 2.45) is 0 Å². The Morgan fingerprint density at radius 3 is 2.59 bits per heavy atom. The molecule has 6 nitrogen and oxygen atoms in total.